The molecule has 3 N–H and O–H groups in total. The number of rotatable bonds is 8. The van der Waals surface area contributed by atoms with Gasteiger partial charge in [-0.05, 0) is 56.2 Å². The van der Waals surface area contributed by atoms with E-state index in [2.05, 4.69) is 14.8 Å². The molecule has 2 aromatic carbocycles. The summed E-state index contributed by atoms with van der Waals surface area (Å²) in [6.07, 6.45) is 1.50. The molecule has 1 fully saturated rings. The highest BCUT2D eigenvalue weighted by Crippen LogP contribution is 2.31. The number of halogens is 2. The van der Waals surface area contributed by atoms with Gasteiger partial charge in [-0.25, -0.2) is 21.6 Å². The summed E-state index contributed by atoms with van der Waals surface area (Å²) in [6.45, 7) is 1.52. The van der Waals surface area contributed by atoms with Crippen LogP contribution < -0.4 is 14.8 Å². The van der Waals surface area contributed by atoms with Crippen LogP contribution in [0.5, 0.6) is 0 Å². The molecule has 3 rings (SSSR count). The number of amides is 1. The van der Waals surface area contributed by atoms with Gasteiger partial charge in [0.25, 0.3) is 5.91 Å². The van der Waals surface area contributed by atoms with Crippen LogP contribution in [0.15, 0.2) is 41.3 Å². The van der Waals surface area contributed by atoms with Gasteiger partial charge in [0.05, 0.1) is 21.4 Å². The molecule has 0 spiro atoms. The molecule has 1 amide bonds. The highest BCUT2D eigenvalue weighted by atomic mass is 35.5. The molecule has 2 aromatic rings. The maximum absolute atomic E-state index is 12.7. The van der Waals surface area contributed by atoms with Gasteiger partial charge >= 0.3 is 0 Å². The van der Waals surface area contributed by atoms with E-state index >= 15 is 0 Å². The van der Waals surface area contributed by atoms with E-state index < -0.39 is 26.0 Å². The Labute approximate surface area is 185 Å². The lowest BCUT2D eigenvalue weighted by Gasteiger charge is -2.12. The molecular weight excluding hydrogens is 473 g/mol. The highest BCUT2D eigenvalue weighted by molar-refractivity contribution is 7.92. The third-order valence-electron chi connectivity index (χ3n) is 4.25. The topological polar surface area (TPSA) is 121 Å². The number of sulfonamides is 2. The lowest BCUT2D eigenvalue weighted by atomic mass is 10.2. The summed E-state index contributed by atoms with van der Waals surface area (Å²) in [6, 6.07) is 8.20. The van der Waals surface area contributed by atoms with Crippen molar-refractivity contribution in [3.05, 3.63) is 52.0 Å². The van der Waals surface area contributed by atoms with E-state index in [1.807, 2.05) is 0 Å². The predicted molar refractivity (Wildman–Crippen MR) is 117 cm³/mol. The summed E-state index contributed by atoms with van der Waals surface area (Å²) in [5.41, 5.74) is 0.651. The highest BCUT2D eigenvalue weighted by Gasteiger charge is 2.30. The van der Waals surface area contributed by atoms with Gasteiger partial charge in [-0.1, -0.05) is 23.2 Å². The van der Waals surface area contributed by atoms with Crippen LogP contribution in [0, 0.1) is 0 Å². The zero-order chi connectivity index (χ0) is 22.1. The van der Waals surface area contributed by atoms with Crippen LogP contribution in [-0.4, -0.2) is 34.5 Å². The largest absolute Gasteiger partial charge is 0.322 e. The molecule has 0 saturated heterocycles. The number of anilines is 2. The van der Waals surface area contributed by atoms with Crippen LogP contribution in [0.1, 0.15) is 30.1 Å². The first-order valence-corrected chi connectivity index (χ1v) is 12.8. The van der Waals surface area contributed by atoms with E-state index in [1.54, 1.807) is 0 Å². The smallest absolute Gasteiger partial charge is 0.257 e. The molecule has 162 valence electrons. The van der Waals surface area contributed by atoms with Crippen LogP contribution in [0.3, 0.4) is 0 Å². The van der Waals surface area contributed by atoms with Gasteiger partial charge in [0.1, 0.15) is 4.90 Å². The molecule has 0 unspecified atom stereocenters. The first-order chi connectivity index (χ1) is 14.0. The Balaban J connectivity index is 1.80. The fraction of sp³-hybridized carbons (Fsp3) is 0.278. The number of carbonyl (C=O) groups is 1. The summed E-state index contributed by atoms with van der Waals surface area (Å²) in [5, 5.41) is 2.51. The van der Waals surface area contributed by atoms with Crippen LogP contribution >= 0.6 is 23.2 Å². The van der Waals surface area contributed by atoms with Crippen molar-refractivity contribution in [3.63, 3.8) is 0 Å². The lowest BCUT2D eigenvalue weighted by molar-refractivity contribution is 0.102. The minimum absolute atomic E-state index is 0.00445. The molecule has 0 radical (unpaired) electrons. The van der Waals surface area contributed by atoms with Crippen molar-refractivity contribution in [2.45, 2.75) is 30.7 Å². The zero-order valence-electron chi connectivity index (χ0n) is 15.8. The average Bonchev–Trinajstić information content (AvgIpc) is 3.46. The van der Waals surface area contributed by atoms with Crippen molar-refractivity contribution >= 4 is 60.5 Å². The third kappa shape index (κ3) is 5.64. The Morgan fingerprint density at radius 1 is 1.00 bits per heavy atom. The molecule has 0 aromatic heterocycles. The number of carbonyl (C=O) groups excluding carboxylic acids is 1. The average molecular weight is 492 g/mol. The summed E-state index contributed by atoms with van der Waals surface area (Å²) in [7, 11) is -7.30. The van der Waals surface area contributed by atoms with Gasteiger partial charge in [0.15, 0.2) is 0 Å². The molecule has 1 aliphatic rings. The second kappa shape index (κ2) is 8.72. The van der Waals surface area contributed by atoms with Gasteiger partial charge in [-0.2, -0.15) is 0 Å². The number of hydrogen-bond acceptors (Lipinski definition) is 5. The Morgan fingerprint density at radius 3 is 2.17 bits per heavy atom. The second-order valence-electron chi connectivity index (χ2n) is 6.69. The van der Waals surface area contributed by atoms with Crippen molar-refractivity contribution < 1.29 is 21.6 Å². The molecule has 1 aliphatic carbocycles. The van der Waals surface area contributed by atoms with Gasteiger partial charge in [-0.3, -0.25) is 9.52 Å². The van der Waals surface area contributed by atoms with Crippen LogP contribution in [0.25, 0.3) is 0 Å². The minimum Gasteiger partial charge on any atom is -0.322 e. The van der Waals surface area contributed by atoms with E-state index in [4.69, 9.17) is 23.2 Å². The molecule has 0 atom stereocenters. The maximum Gasteiger partial charge on any atom is 0.257 e. The molecule has 12 heteroatoms. The molecule has 1 saturated carbocycles. The predicted octanol–water partition coefficient (Wildman–Crippen LogP) is 3.45. The Kier molecular flexibility index (Phi) is 6.63. The summed E-state index contributed by atoms with van der Waals surface area (Å²) >= 11 is 12.2. The van der Waals surface area contributed by atoms with Gasteiger partial charge in [0.2, 0.25) is 20.0 Å². The SMILES string of the molecule is CCS(=O)(=O)Nc1ccc(NC(=O)c2cc(S(=O)(=O)NC3CC3)c(Cl)cc2Cl)cc1. The van der Waals surface area contributed by atoms with Crippen molar-refractivity contribution in [3.8, 4) is 0 Å². The van der Waals surface area contributed by atoms with Crippen LogP contribution in [-0.2, 0) is 20.0 Å². The van der Waals surface area contributed by atoms with Gasteiger partial charge < -0.3 is 5.32 Å². The standard InChI is InChI=1S/C18H19Cl2N3O5S2/c1-2-29(25,26)22-12-5-3-11(4-6-12)21-18(24)14-9-17(16(20)10-15(14)19)30(27,28)23-13-7-8-13/h3-6,9-10,13,22-23H,2,7-8H2,1H3,(H,21,24). The molecule has 30 heavy (non-hydrogen) atoms. The first-order valence-electron chi connectivity index (χ1n) is 8.94. The Bertz CT molecular complexity index is 1180. The van der Waals surface area contributed by atoms with E-state index in [0.29, 0.717) is 11.4 Å². The van der Waals surface area contributed by atoms with Crippen molar-refractivity contribution in [2.75, 3.05) is 15.8 Å². The quantitative estimate of drug-likeness (QED) is 0.521. The maximum atomic E-state index is 12.7. The summed E-state index contributed by atoms with van der Waals surface area (Å²) in [5.74, 6) is -0.706. The molecular formula is C18H19Cl2N3O5S2. The summed E-state index contributed by atoms with van der Waals surface area (Å²) in [4.78, 5) is 12.4. The van der Waals surface area contributed by atoms with E-state index in [0.717, 1.165) is 18.9 Å². The molecule has 0 heterocycles. The Hall–Kier alpha value is -1.85. The van der Waals surface area contributed by atoms with Crippen molar-refractivity contribution in [1.82, 2.24) is 4.72 Å². The third-order valence-corrected chi connectivity index (χ3v) is 7.86. The van der Waals surface area contributed by atoms with Gasteiger partial charge in [-0.15, -0.1) is 0 Å². The van der Waals surface area contributed by atoms with Crippen molar-refractivity contribution in [2.24, 2.45) is 0 Å². The first kappa shape index (κ1) is 22.8. The normalized spacial score (nSPS) is 14.4. The summed E-state index contributed by atoms with van der Waals surface area (Å²) < 4.78 is 53.1. The molecule has 8 nitrogen and oxygen atoms in total. The minimum atomic E-state index is -3.88. The van der Waals surface area contributed by atoms with Gasteiger partial charge in [0, 0.05) is 17.4 Å². The monoisotopic (exact) mass is 491 g/mol. The lowest BCUT2D eigenvalue weighted by Crippen LogP contribution is -2.26. The molecule has 0 bridgehead atoms. The number of nitrogens with one attached hydrogen (secondary N) is 3. The van der Waals surface area contributed by atoms with E-state index in [9.17, 15) is 21.6 Å². The Morgan fingerprint density at radius 2 is 1.60 bits per heavy atom. The van der Waals surface area contributed by atoms with Crippen LogP contribution in [0.2, 0.25) is 10.0 Å². The van der Waals surface area contributed by atoms with Crippen LogP contribution in [0.4, 0.5) is 11.4 Å². The van der Waals surface area contributed by atoms with E-state index in [1.165, 1.54) is 37.3 Å². The fourth-order valence-electron chi connectivity index (χ4n) is 2.46. The zero-order valence-corrected chi connectivity index (χ0v) is 18.9. The second-order valence-corrected chi connectivity index (χ2v) is 11.2. The number of hydrogen-bond donors (Lipinski definition) is 3. The number of benzene rings is 2. The van der Waals surface area contributed by atoms with Crippen molar-refractivity contribution in [1.29, 1.82) is 0 Å². The molecule has 0 aliphatic heterocycles. The fourth-order valence-corrected chi connectivity index (χ4v) is 5.27. The van der Waals surface area contributed by atoms with E-state index in [-0.39, 0.29) is 32.3 Å².